The van der Waals surface area contributed by atoms with Crippen LogP contribution in [0.3, 0.4) is 0 Å². The highest BCUT2D eigenvalue weighted by Gasteiger charge is 2.12. The third-order valence-corrected chi connectivity index (χ3v) is 2.79. The summed E-state index contributed by atoms with van der Waals surface area (Å²) < 4.78 is 7.08. The van der Waals surface area contributed by atoms with Crippen LogP contribution in [0.25, 0.3) is 0 Å². The van der Waals surface area contributed by atoms with Crippen LogP contribution in [0.2, 0.25) is 5.02 Å². The number of nitrogens with zero attached hydrogens (tertiary/aromatic N) is 2. The largest absolute Gasteiger partial charge is 0.472 e. The van der Waals surface area contributed by atoms with E-state index < -0.39 is 5.91 Å². The normalized spacial score (nSPS) is 10.3. The average molecular weight is 266 g/mol. The molecule has 0 radical (unpaired) electrons. The van der Waals surface area contributed by atoms with Crippen molar-refractivity contribution in [3.05, 3.63) is 46.6 Å². The zero-order valence-electron chi connectivity index (χ0n) is 9.76. The van der Waals surface area contributed by atoms with Crippen molar-refractivity contribution in [1.82, 2.24) is 9.78 Å². The summed E-state index contributed by atoms with van der Waals surface area (Å²) >= 11 is 6.03. The third-order valence-electron chi connectivity index (χ3n) is 2.44. The smallest absolute Gasteiger partial charge is 0.249 e. The second-order valence-corrected chi connectivity index (χ2v) is 4.15. The van der Waals surface area contributed by atoms with Crippen molar-refractivity contribution in [2.45, 2.75) is 6.61 Å². The highest BCUT2D eigenvalue weighted by molar-refractivity contribution is 6.31. The van der Waals surface area contributed by atoms with Gasteiger partial charge in [0, 0.05) is 35.5 Å². The molecule has 1 aromatic carbocycles. The molecule has 5 nitrogen and oxygen atoms in total. The van der Waals surface area contributed by atoms with Gasteiger partial charge in [0.1, 0.15) is 6.61 Å². The van der Waals surface area contributed by atoms with Crippen LogP contribution in [-0.4, -0.2) is 15.7 Å². The molecule has 2 N–H and O–H groups in total. The van der Waals surface area contributed by atoms with Crippen molar-refractivity contribution >= 4 is 17.5 Å². The predicted octanol–water partition coefficient (Wildman–Crippen LogP) is 1.75. The number of primary amides is 1. The summed E-state index contributed by atoms with van der Waals surface area (Å²) in [5.41, 5.74) is 6.21. The van der Waals surface area contributed by atoms with Crippen molar-refractivity contribution in [3.8, 4) is 5.88 Å². The third kappa shape index (κ3) is 2.62. The zero-order valence-corrected chi connectivity index (χ0v) is 10.5. The van der Waals surface area contributed by atoms with Crippen LogP contribution < -0.4 is 10.5 Å². The number of benzene rings is 1. The van der Waals surface area contributed by atoms with Crippen LogP contribution in [0.4, 0.5) is 0 Å². The highest BCUT2D eigenvalue weighted by atomic mass is 35.5. The van der Waals surface area contributed by atoms with Gasteiger partial charge in [-0.25, -0.2) is 0 Å². The Labute approximate surface area is 109 Å². The molecule has 1 aromatic heterocycles. The molecule has 0 saturated heterocycles. The second-order valence-electron chi connectivity index (χ2n) is 3.75. The molecule has 94 valence electrons. The van der Waals surface area contributed by atoms with Gasteiger partial charge < -0.3 is 10.5 Å². The molecule has 2 rings (SSSR count). The number of aromatic nitrogens is 2. The van der Waals surface area contributed by atoms with Gasteiger partial charge in [0.2, 0.25) is 11.8 Å². The summed E-state index contributed by atoms with van der Waals surface area (Å²) in [4.78, 5) is 11.3. The lowest BCUT2D eigenvalue weighted by Crippen LogP contribution is -2.15. The van der Waals surface area contributed by atoms with Crippen LogP contribution in [0.5, 0.6) is 5.88 Å². The Morgan fingerprint density at radius 1 is 1.50 bits per heavy atom. The maximum atomic E-state index is 11.3. The van der Waals surface area contributed by atoms with E-state index in [9.17, 15) is 4.79 Å². The van der Waals surface area contributed by atoms with Gasteiger partial charge in [-0.2, -0.15) is 0 Å². The van der Waals surface area contributed by atoms with Gasteiger partial charge in [-0.05, 0) is 12.1 Å². The van der Waals surface area contributed by atoms with E-state index in [1.807, 2.05) is 0 Å². The Morgan fingerprint density at radius 2 is 2.28 bits per heavy atom. The molecule has 0 spiro atoms. The van der Waals surface area contributed by atoms with E-state index in [1.54, 1.807) is 42.2 Å². The van der Waals surface area contributed by atoms with E-state index in [0.29, 0.717) is 22.0 Å². The van der Waals surface area contributed by atoms with Crippen molar-refractivity contribution in [1.29, 1.82) is 0 Å². The van der Waals surface area contributed by atoms with Gasteiger partial charge in [-0.15, -0.1) is 5.10 Å². The fourth-order valence-electron chi connectivity index (χ4n) is 1.55. The second kappa shape index (κ2) is 5.10. The number of carbonyl (C=O) groups is 1. The van der Waals surface area contributed by atoms with E-state index in [-0.39, 0.29) is 6.61 Å². The van der Waals surface area contributed by atoms with E-state index in [0.717, 1.165) is 0 Å². The van der Waals surface area contributed by atoms with E-state index in [1.165, 1.54) is 0 Å². The summed E-state index contributed by atoms with van der Waals surface area (Å²) in [5, 5.41) is 4.51. The number of aryl methyl sites for hydroxylation is 1. The molecule has 0 saturated carbocycles. The molecule has 0 aliphatic carbocycles. The summed E-state index contributed by atoms with van der Waals surface area (Å²) in [6, 6.07) is 6.70. The molecule has 0 atom stereocenters. The number of carbonyl (C=O) groups excluding carboxylic acids is 1. The maximum Gasteiger partial charge on any atom is 0.249 e. The van der Waals surface area contributed by atoms with Gasteiger partial charge >= 0.3 is 0 Å². The number of amides is 1. The Morgan fingerprint density at radius 3 is 2.89 bits per heavy atom. The molecule has 6 heteroatoms. The maximum absolute atomic E-state index is 11.3. The standard InChI is InChI=1S/C12H12ClN3O2/c1-16-6-5-11(15-16)18-7-9-8(12(14)17)3-2-4-10(9)13/h2-6H,7H2,1H3,(H2,14,17). The quantitative estimate of drug-likeness (QED) is 0.916. The van der Waals surface area contributed by atoms with E-state index in [4.69, 9.17) is 22.1 Å². The molecular weight excluding hydrogens is 254 g/mol. The van der Waals surface area contributed by atoms with Crippen molar-refractivity contribution in [2.24, 2.45) is 12.8 Å². The van der Waals surface area contributed by atoms with Gasteiger partial charge in [0.15, 0.2) is 0 Å². The minimum Gasteiger partial charge on any atom is -0.472 e. The number of hydrogen-bond donors (Lipinski definition) is 1. The average Bonchev–Trinajstić information content (AvgIpc) is 2.73. The van der Waals surface area contributed by atoms with Crippen LogP contribution in [0, 0.1) is 0 Å². The molecule has 18 heavy (non-hydrogen) atoms. The molecule has 1 amide bonds. The first-order valence-corrected chi connectivity index (χ1v) is 5.65. The minimum absolute atomic E-state index is 0.148. The first-order valence-electron chi connectivity index (χ1n) is 5.27. The molecule has 0 bridgehead atoms. The number of nitrogens with two attached hydrogens (primary N) is 1. The van der Waals surface area contributed by atoms with Crippen LogP contribution in [-0.2, 0) is 13.7 Å². The highest BCUT2D eigenvalue weighted by Crippen LogP contribution is 2.21. The fraction of sp³-hybridized carbons (Fsp3) is 0.167. The summed E-state index contributed by atoms with van der Waals surface area (Å²) in [5.74, 6) is -0.0649. The van der Waals surface area contributed by atoms with Crippen LogP contribution >= 0.6 is 11.6 Å². The fourth-order valence-corrected chi connectivity index (χ4v) is 1.78. The molecule has 0 aliphatic rings. The number of halogens is 1. The van der Waals surface area contributed by atoms with Gasteiger partial charge in [0.05, 0.1) is 0 Å². The Balaban J connectivity index is 2.20. The van der Waals surface area contributed by atoms with Crippen molar-refractivity contribution in [2.75, 3.05) is 0 Å². The van der Waals surface area contributed by atoms with Gasteiger partial charge in [-0.3, -0.25) is 9.48 Å². The minimum atomic E-state index is -0.530. The van der Waals surface area contributed by atoms with Crippen LogP contribution in [0.1, 0.15) is 15.9 Å². The lowest BCUT2D eigenvalue weighted by Gasteiger charge is -2.09. The molecule has 1 heterocycles. The summed E-state index contributed by atoms with van der Waals surface area (Å²) in [7, 11) is 1.79. The number of ether oxygens (including phenoxy) is 1. The van der Waals surface area contributed by atoms with Gasteiger partial charge in [0.25, 0.3) is 0 Å². The topological polar surface area (TPSA) is 70.1 Å². The van der Waals surface area contributed by atoms with Crippen LogP contribution in [0.15, 0.2) is 30.5 Å². The monoisotopic (exact) mass is 265 g/mol. The molecular formula is C12H12ClN3O2. The SMILES string of the molecule is Cn1ccc(OCc2c(Cl)cccc2C(N)=O)n1. The first kappa shape index (κ1) is 12.4. The predicted molar refractivity (Wildman–Crippen MR) is 67.5 cm³/mol. The lowest BCUT2D eigenvalue weighted by molar-refractivity contribution is 0.0997. The Hall–Kier alpha value is -2.01. The summed E-state index contributed by atoms with van der Waals surface area (Å²) in [6.07, 6.45) is 1.76. The Bertz CT molecular complexity index is 580. The number of hydrogen-bond acceptors (Lipinski definition) is 3. The van der Waals surface area contributed by atoms with E-state index in [2.05, 4.69) is 5.10 Å². The van der Waals surface area contributed by atoms with E-state index >= 15 is 0 Å². The molecule has 0 aliphatic heterocycles. The number of rotatable bonds is 4. The first-order chi connectivity index (χ1) is 8.58. The Kier molecular flexibility index (Phi) is 3.53. The molecule has 2 aromatic rings. The van der Waals surface area contributed by atoms with Gasteiger partial charge in [-0.1, -0.05) is 17.7 Å². The van der Waals surface area contributed by atoms with Crippen molar-refractivity contribution < 1.29 is 9.53 Å². The lowest BCUT2D eigenvalue weighted by atomic mass is 10.1. The zero-order chi connectivity index (χ0) is 13.1. The van der Waals surface area contributed by atoms with Crippen molar-refractivity contribution in [3.63, 3.8) is 0 Å². The molecule has 0 unspecified atom stereocenters. The molecule has 0 fully saturated rings. The summed E-state index contributed by atoms with van der Waals surface area (Å²) in [6.45, 7) is 0.148.